The van der Waals surface area contributed by atoms with Crippen molar-refractivity contribution < 1.29 is 4.42 Å². The van der Waals surface area contributed by atoms with Gasteiger partial charge in [-0.05, 0) is 86.3 Å². The van der Waals surface area contributed by atoms with E-state index >= 15 is 0 Å². The highest BCUT2D eigenvalue weighted by Crippen LogP contribution is 2.51. The molecule has 5 nitrogen and oxygen atoms in total. The van der Waals surface area contributed by atoms with Crippen molar-refractivity contribution in [2.45, 2.75) is 0 Å². The molecule has 5 heteroatoms. The number of hydrogen-bond acceptors (Lipinski definition) is 5. The number of aromatic nitrogens is 3. The summed E-state index contributed by atoms with van der Waals surface area (Å²) in [5.41, 5.74) is 14.2. The molecule has 55 heavy (non-hydrogen) atoms. The van der Waals surface area contributed by atoms with Gasteiger partial charge in [0, 0.05) is 32.8 Å². The summed E-state index contributed by atoms with van der Waals surface area (Å²) in [6, 6.07) is 60.4. The van der Waals surface area contributed by atoms with Gasteiger partial charge in [-0.25, -0.2) is 15.0 Å². The molecule has 1 aliphatic carbocycles. The first kappa shape index (κ1) is 30.9. The van der Waals surface area contributed by atoms with Crippen molar-refractivity contribution in [1.82, 2.24) is 15.0 Å². The van der Waals surface area contributed by atoms with Crippen LogP contribution in [-0.4, -0.2) is 15.0 Å². The highest BCUT2D eigenvalue weighted by molar-refractivity contribution is 6.22. The maximum absolute atomic E-state index is 9.55. The van der Waals surface area contributed by atoms with Crippen LogP contribution >= 0.6 is 0 Å². The lowest BCUT2D eigenvalue weighted by Crippen LogP contribution is -2.01. The quantitative estimate of drug-likeness (QED) is 0.179. The van der Waals surface area contributed by atoms with Crippen molar-refractivity contribution in [3.8, 4) is 84.7 Å². The molecule has 0 radical (unpaired) electrons. The lowest BCUT2D eigenvalue weighted by molar-refractivity contribution is 0.669. The van der Waals surface area contributed by atoms with E-state index in [0.29, 0.717) is 23.0 Å². The summed E-state index contributed by atoms with van der Waals surface area (Å²) in [6.07, 6.45) is 0. The average molecular weight is 701 g/mol. The summed E-state index contributed by atoms with van der Waals surface area (Å²) in [6.45, 7) is 0. The molecule has 0 N–H and O–H groups in total. The number of furan rings is 1. The molecular formula is C50H28N4O. The van der Waals surface area contributed by atoms with Gasteiger partial charge in [-0.15, -0.1) is 0 Å². The van der Waals surface area contributed by atoms with Crippen LogP contribution in [-0.2, 0) is 0 Å². The smallest absolute Gasteiger partial charge is 0.164 e. The van der Waals surface area contributed by atoms with Gasteiger partial charge < -0.3 is 4.42 Å². The van der Waals surface area contributed by atoms with E-state index in [0.717, 1.165) is 66.3 Å². The van der Waals surface area contributed by atoms with Crippen LogP contribution < -0.4 is 0 Å². The van der Waals surface area contributed by atoms with Crippen LogP contribution in [0.3, 0.4) is 0 Å². The Balaban J connectivity index is 1.10. The third-order valence-electron chi connectivity index (χ3n) is 10.8. The molecule has 0 atom stereocenters. The van der Waals surface area contributed by atoms with Crippen LogP contribution in [0.25, 0.3) is 111 Å². The fraction of sp³-hybridized carbons (Fsp3) is 0. The molecule has 0 amide bonds. The fourth-order valence-corrected chi connectivity index (χ4v) is 8.11. The van der Waals surface area contributed by atoms with Gasteiger partial charge in [-0.3, -0.25) is 0 Å². The minimum Gasteiger partial charge on any atom is -0.456 e. The first-order valence-electron chi connectivity index (χ1n) is 18.2. The first-order chi connectivity index (χ1) is 27.2. The van der Waals surface area contributed by atoms with E-state index < -0.39 is 0 Å². The van der Waals surface area contributed by atoms with Gasteiger partial charge in [0.2, 0.25) is 0 Å². The van der Waals surface area contributed by atoms with E-state index in [1.165, 1.54) is 27.6 Å². The van der Waals surface area contributed by atoms with Gasteiger partial charge in [-0.1, -0.05) is 133 Å². The Hall–Kier alpha value is -7.68. The SMILES string of the molecule is N#Cc1ccc(-c2ccc3c4c(ccc(-c5nc(-c6ccccc6)nc(-c6ccc(-c7ccc8oc9ccccc9c8c7)cc6)n5)c24)-c2ccccc2-3)cc1. The molecule has 8 aromatic carbocycles. The Morgan fingerprint density at radius 3 is 1.62 bits per heavy atom. The molecule has 0 aliphatic heterocycles. The molecule has 0 saturated heterocycles. The summed E-state index contributed by atoms with van der Waals surface area (Å²) in [5.74, 6) is 1.80. The van der Waals surface area contributed by atoms with Gasteiger partial charge in [-0.2, -0.15) is 5.26 Å². The topological polar surface area (TPSA) is 75.6 Å². The molecule has 0 saturated carbocycles. The Bertz CT molecular complexity index is 3160. The predicted molar refractivity (Wildman–Crippen MR) is 221 cm³/mol. The summed E-state index contributed by atoms with van der Waals surface area (Å²) >= 11 is 0. The van der Waals surface area contributed by atoms with Crippen LogP contribution in [0.4, 0.5) is 0 Å². The normalized spacial score (nSPS) is 11.6. The largest absolute Gasteiger partial charge is 0.456 e. The molecule has 0 bridgehead atoms. The van der Waals surface area contributed by atoms with Crippen LogP contribution in [0.2, 0.25) is 0 Å². The van der Waals surface area contributed by atoms with E-state index in [-0.39, 0.29) is 0 Å². The van der Waals surface area contributed by atoms with E-state index in [4.69, 9.17) is 19.4 Å². The Kier molecular flexibility index (Phi) is 6.85. The van der Waals surface area contributed by atoms with Crippen LogP contribution in [0.5, 0.6) is 0 Å². The Morgan fingerprint density at radius 1 is 0.364 bits per heavy atom. The second kappa shape index (κ2) is 12.2. The van der Waals surface area contributed by atoms with Gasteiger partial charge >= 0.3 is 0 Å². The van der Waals surface area contributed by atoms with Gasteiger partial charge in [0.05, 0.1) is 11.6 Å². The lowest BCUT2D eigenvalue weighted by Gasteiger charge is -2.15. The van der Waals surface area contributed by atoms with Crippen molar-refractivity contribution in [3.05, 3.63) is 175 Å². The molecule has 254 valence electrons. The maximum Gasteiger partial charge on any atom is 0.164 e. The minimum absolute atomic E-state index is 0.596. The number of hydrogen-bond donors (Lipinski definition) is 0. The fourth-order valence-electron chi connectivity index (χ4n) is 8.11. The predicted octanol–water partition coefficient (Wildman–Crippen LogP) is 12.8. The zero-order valence-electron chi connectivity index (χ0n) is 29.4. The van der Waals surface area contributed by atoms with Gasteiger partial charge in [0.25, 0.3) is 0 Å². The van der Waals surface area contributed by atoms with Crippen molar-refractivity contribution in [3.63, 3.8) is 0 Å². The van der Waals surface area contributed by atoms with Crippen molar-refractivity contribution in [1.29, 1.82) is 5.26 Å². The summed E-state index contributed by atoms with van der Waals surface area (Å²) in [7, 11) is 0. The number of nitriles is 1. The highest BCUT2D eigenvalue weighted by Gasteiger charge is 2.26. The molecule has 0 spiro atoms. The van der Waals surface area contributed by atoms with E-state index in [2.05, 4.69) is 97.1 Å². The zero-order chi connectivity index (χ0) is 36.5. The van der Waals surface area contributed by atoms with Crippen molar-refractivity contribution >= 4 is 32.7 Å². The number of rotatable bonds is 5. The number of fused-ring (bicyclic) bond motifs is 6. The standard InChI is InChI=1S/C50H28N4O/c51-29-30-14-16-32(17-15-30)36-23-24-40-37-10-4-5-11-38(37)41-25-26-42(46(36)47(40)41)50-53-48(33-8-2-1-3-9-33)52-49(54-50)34-20-18-31(19-21-34)35-22-27-45-43(28-35)39-12-6-7-13-44(39)55-45/h1-28H. The molecular weight excluding hydrogens is 673 g/mol. The number of nitrogens with zero attached hydrogens (tertiary/aromatic N) is 4. The van der Waals surface area contributed by atoms with Gasteiger partial charge in [0.15, 0.2) is 17.5 Å². The number of benzene rings is 8. The third kappa shape index (κ3) is 4.97. The molecule has 0 unspecified atom stereocenters. The van der Waals surface area contributed by atoms with Crippen molar-refractivity contribution in [2.75, 3.05) is 0 Å². The molecule has 1 aliphatic rings. The highest BCUT2D eigenvalue weighted by atomic mass is 16.3. The Labute approximate surface area is 316 Å². The summed E-state index contributed by atoms with van der Waals surface area (Å²) < 4.78 is 6.08. The summed E-state index contributed by atoms with van der Waals surface area (Å²) in [5, 5.41) is 14.0. The second-order valence-electron chi connectivity index (χ2n) is 13.9. The van der Waals surface area contributed by atoms with Crippen LogP contribution in [0.15, 0.2) is 174 Å². The first-order valence-corrected chi connectivity index (χ1v) is 18.2. The molecule has 11 rings (SSSR count). The van der Waals surface area contributed by atoms with Gasteiger partial charge in [0.1, 0.15) is 11.2 Å². The van der Waals surface area contributed by atoms with Crippen LogP contribution in [0, 0.1) is 11.3 Å². The van der Waals surface area contributed by atoms with Crippen molar-refractivity contribution in [2.24, 2.45) is 0 Å². The molecule has 10 aromatic rings. The lowest BCUT2D eigenvalue weighted by atomic mass is 9.90. The van der Waals surface area contributed by atoms with E-state index in [1.54, 1.807) is 0 Å². The zero-order valence-corrected chi connectivity index (χ0v) is 29.4. The van der Waals surface area contributed by atoms with E-state index in [9.17, 15) is 5.26 Å². The molecule has 2 heterocycles. The number of para-hydroxylation sites is 1. The summed E-state index contributed by atoms with van der Waals surface area (Å²) in [4.78, 5) is 15.5. The molecule has 0 fully saturated rings. The molecule has 2 aromatic heterocycles. The Morgan fingerprint density at radius 2 is 0.891 bits per heavy atom. The van der Waals surface area contributed by atoms with E-state index in [1.807, 2.05) is 78.9 Å². The maximum atomic E-state index is 9.55. The third-order valence-corrected chi connectivity index (χ3v) is 10.8. The average Bonchev–Trinajstić information content (AvgIpc) is 3.80. The van der Waals surface area contributed by atoms with Crippen LogP contribution in [0.1, 0.15) is 5.56 Å². The second-order valence-corrected chi connectivity index (χ2v) is 13.9. The minimum atomic E-state index is 0.596. The monoisotopic (exact) mass is 700 g/mol.